The number of anilines is 1. The molecule has 0 radical (unpaired) electrons. The third-order valence-electron chi connectivity index (χ3n) is 6.55. The predicted octanol–water partition coefficient (Wildman–Crippen LogP) is 3.03. The molecule has 2 fully saturated rings. The number of aryl methyl sites for hydroxylation is 1. The van der Waals surface area contributed by atoms with E-state index in [4.69, 9.17) is 32.0 Å². The summed E-state index contributed by atoms with van der Waals surface area (Å²) in [6, 6.07) is 7.38. The van der Waals surface area contributed by atoms with Gasteiger partial charge in [-0.15, -0.1) is 0 Å². The summed E-state index contributed by atoms with van der Waals surface area (Å²) in [4.78, 5) is 11.7. The van der Waals surface area contributed by atoms with Gasteiger partial charge in [0.25, 0.3) is 0 Å². The lowest BCUT2D eigenvalue weighted by atomic mass is 9.73. The lowest BCUT2D eigenvalue weighted by Gasteiger charge is -2.42. The van der Waals surface area contributed by atoms with Crippen molar-refractivity contribution in [2.45, 2.75) is 45.4 Å². The molecule has 0 aliphatic carbocycles. The van der Waals surface area contributed by atoms with Crippen molar-refractivity contribution in [3.63, 3.8) is 0 Å². The van der Waals surface area contributed by atoms with Gasteiger partial charge in [-0.1, -0.05) is 23.7 Å². The van der Waals surface area contributed by atoms with E-state index in [2.05, 4.69) is 11.0 Å². The quantitative estimate of drug-likeness (QED) is 0.673. The molecular formula is C22H30ClN5O2S2. The number of aliphatic hydroxyl groups is 1. The topological polar surface area (TPSA) is 108 Å². The zero-order valence-corrected chi connectivity index (χ0v) is 21.0. The second kappa shape index (κ2) is 10.6. The van der Waals surface area contributed by atoms with E-state index in [0.717, 1.165) is 25.9 Å². The van der Waals surface area contributed by atoms with Crippen molar-refractivity contribution in [3.05, 3.63) is 40.2 Å². The maximum absolute atomic E-state index is 10.0. The van der Waals surface area contributed by atoms with Crippen LogP contribution in [0.3, 0.4) is 0 Å². The van der Waals surface area contributed by atoms with E-state index in [-0.39, 0.29) is 51.2 Å². The number of ether oxygens (including phenoxy) is 1. The first-order valence-corrected chi connectivity index (χ1v) is 10.6. The first-order chi connectivity index (χ1) is 14.4. The molecule has 4 rings (SSSR count). The fourth-order valence-electron chi connectivity index (χ4n) is 4.59. The molecule has 1 aromatic heterocycles. The van der Waals surface area contributed by atoms with Crippen LogP contribution in [0.1, 0.15) is 36.7 Å². The van der Waals surface area contributed by atoms with Gasteiger partial charge in [0.15, 0.2) is 5.82 Å². The Bertz CT molecular complexity index is 1010. The van der Waals surface area contributed by atoms with Crippen LogP contribution in [-0.2, 0) is 11.3 Å². The van der Waals surface area contributed by atoms with Crippen LogP contribution in [0.25, 0.3) is 11.3 Å². The van der Waals surface area contributed by atoms with Crippen molar-refractivity contribution in [1.82, 2.24) is 9.97 Å². The summed E-state index contributed by atoms with van der Waals surface area (Å²) >= 11 is 6.41. The summed E-state index contributed by atoms with van der Waals surface area (Å²) in [7, 11) is 0. The molecular weight excluding hydrogens is 466 g/mol. The van der Waals surface area contributed by atoms with Crippen molar-refractivity contribution < 1.29 is 9.84 Å². The molecule has 2 atom stereocenters. The Kier molecular flexibility index (Phi) is 8.84. The minimum absolute atomic E-state index is 0. The van der Waals surface area contributed by atoms with Gasteiger partial charge in [0.1, 0.15) is 11.8 Å². The molecule has 0 saturated carbocycles. The number of piperidine rings is 1. The van der Waals surface area contributed by atoms with Crippen LogP contribution in [0.5, 0.6) is 0 Å². The van der Waals surface area contributed by atoms with Gasteiger partial charge in [-0.25, -0.2) is 9.97 Å². The lowest BCUT2D eigenvalue weighted by molar-refractivity contribution is 0.0973. The van der Waals surface area contributed by atoms with E-state index in [1.165, 1.54) is 0 Å². The average molecular weight is 496 g/mol. The molecule has 1 spiro atoms. The molecule has 0 unspecified atom stereocenters. The average Bonchev–Trinajstić information content (AvgIpc) is 3.03. The molecule has 3 N–H and O–H groups in total. The van der Waals surface area contributed by atoms with E-state index in [0.29, 0.717) is 45.7 Å². The van der Waals surface area contributed by atoms with E-state index >= 15 is 0 Å². The van der Waals surface area contributed by atoms with Crippen molar-refractivity contribution >= 4 is 44.4 Å². The fraction of sp³-hybridized carbons (Fsp3) is 0.500. The molecule has 1 aromatic carbocycles. The summed E-state index contributed by atoms with van der Waals surface area (Å²) < 4.78 is 5.81. The van der Waals surface area contributed by atoms with Crippen LogP contribution in [0.2, 0.25) is 5.02 Å². The monoisotopic (exact) mass is 495 g/mol. The van der Waals surface area contributed by atoms with Crippen molar-refractivity contribution in [3.8, 4) is 17.3 Å². The second-order valence-electron chi connectivity index (χ2n) is 8.26. The fourth-order valence-corrected chi connectivity index (χ4v) is 4.85. The van der Waals surface area contributed by atoms with Crippen LogP contribution >= 0.6 is 38.6 Å². The molecule has 32 heavy (non-hydrogen) atoms. The number of benzene rings is 1. The van der Waals surface area contributed by atoms with Gasteiger partial charge in [0.2, 0.25) is 0 Å². The maximum atomic E-state index is 10.0. The SMILES string of the molecule is Cc1nc(N2CCC3(CC2)CO[C@@H](C)[C@H]3N)c(CO)nc1-c1cccc(C#N)c1Cl.S.S. The van der Waals surface area contributed by atoms with E-state index in [1.807, 2.05) is 19.9 Å². The van der Waals surface area contributed by atoms with Crippen molar-refractivity contribution in [1.29, 1.82) is 5.26 Å². The van der Waals surface area contributed by atoms with Crippen LogP contribution in [0, 0.1) is 23.7 Å². The first-order valence-electron chi connectivity index (χ1n) is 10.2. The highest BCUT2D eigenvalue weighted by Gasteiger charge is 2.47. The number of nitriles is 1. The molecule has 7 nitrogen and oxygen atoms in total. The number of aliphatic hydroxyl groups excluding tert-OH is 1. The molecule has 2 aromatic rings. The zero-order valence-electron chi connectivity index (χ0n) is 18.2. The summed E-state index contributed by atoms with van der Waals surface area (Å²) in [5.74, 6) is 0.696. The molecule has 2 saturated heterocycles. The Morgan fingerprint density at radius 2 is 2.00 bits per heavy atom. The Hall–Kier alpha value is -1.54. The second-order valence-corrected chi connectivity index (χ2v) is 8.63. The molecule has 0 amide bonds. The standard InChI is InChI=1S/C22H26ClN5O2.2H2S/c1-13-19(16-5-3-4-15(10-24)18(16)23)27-17(11-29)21(26-13)28-8-6-22(7-9-28)12-30-14(2)20(22)25;;/h3-5,14,20,29H,6-9,11-12,25H2,1-2H3;2*1H2/t14-,20+;;/m0../s1. The van der Waals surface area contributed by atoms with Crippen molar-refractivity contribution in [2.75, 3.05) is 24.6 Å². The van der Waals surface area contributed by atoms with Gasteiger partial charge in [-0.2, -0.15) is 32.3 Å². The number of rotatable bonds is 3. The summed E-state index contributed by atoms with van der Waals surface area (Å²) in [5, 5.41) is 19.6. The molecule has 3 heterocycles. The number of nitrogens with two attached hydrogens (primary N) is 1. The molecule has 2 aliphatic rings. The number of aromatic nitrogens is 2. The highest BCUT2D eigenvalue weighted by molar-refractivity contribution is 7.59. The smallest absolute Gasteiger partial charge is 0.153 e. The zero-order chi connectivity index (χ0) is 21.5. The highest BCUT2D eigenvalue weighted by atomic mass is 35.5. The van der Waals surface area contributed by atoms with Gasteiger partial charge in [-0.3, -0.25) is 0 Å². The number of halogens is 1. The summed E-state index contributed by atoms with van der Waals surface area (Å²) in [6.07, 6.45) is 1.92. The van der Waals surface area contributed by atoms with Crippen LogP contribution < -0.4 is 10.6 Å². The van der Waals surface area contributed by atoms with Gasteiger partial charge in [-0.05, 0) is 32.8 Å². The Labute approximate surface area is 207 Å². The third kappa shape index (κ3) is 4.58. The Balaban J connectivity index is 0.00000181. The molecule has 2 aliphatic heterocycles. The molecule has 10 heteroatoms. The van der Waals surface area contributed by atoms with Crippen LogP contribution in [0.4, 0.5) is 5.82 Å². The maximum Gasteiger partial charge on any atom is 0.153 e. The third-order valence-corrected chi connectivity index (χ3v) is 6.96. The van der Waals surface area contributed by atoms with Gasteiger partial charge >= 0.3 is 0 Å². The predicted molar refractivity (Wildman–Crippen MR) is 136 cm³/mol. The number of nitrogens with zero attached hydrogens (tertiary/aromatic N) is 4. The van der Waals surface area contributed by atoms with E-state index in [1.54, 1.807) is 12.1 Å². The minimum Gasteiger partial charge on any atom is -0.390 e. The van der Waals surface area contributed by atoms with Gasteiger partial charge in [0.05, 0.1) is 41.3 Å². The molecule has 0 bridgehead atoms. The Morgan fingerprint density at radius 3 is 2.56 bits per heavy atom. The normalized spacial score (nSPS) is 21.6. The van der Waals surface area contributed by atoms with E-state index in [9.17, 15) is 10.4 Å². The van der Waals surface area contributed by atoms with Gasteiger partial charge < -0.3 is 20.5 Å². The largest absolute Gasteiger partial charge is 0.390 e. The van der Waals surface area contributed by atoms with Crippen LogP contribution in [-0.4, -0.2) is 46.9 Å². The summed E-state index contributed by atoms with van der Waals surface area (Å²) in [5.41, 5.74) is 9.26. The highest BCUT2D eigenvalue weighted by Crippen LogP contribution is 2.42. The Morgan fingerprint density at radius 1 is 1.31 bits per heavy atom. The van der Waals surface area contributed by atoms with E-state index < -0.39 is 0 Å². The van der Waals surface area contributed by atoms with Crippen LogP contribution in [0.15, 0.2) is 18.2 Å². The summed E-state index contributed by atoms with van der Waals surface area (Å²) in [6.45, 7) is 5.95. The number of hydrogen-bond acceptors (Lipinski definition) is 7. The van der Waals surface area contributed by atoms with Crippen molar-refractivity contribution in [2.24, 2.45) is 11.1 Å². The minimum atomic E-state index is -0.230. The first kappa shape index (κ1) is 26.7. The lowest BCUT2D eigenvalue weighted by Crippen LogP contribution is -2.51. The van der Waals surface area contributed by atoms with Gasteiger partial charge in [0, 0.05) is 30.1 Å². The number of hydrogen-bond donors (Lipinski definition) is 2. The molecule has 174 valence electrons.